The van der Waals surface area contributed by atoms with Crippen molar-refractivity contribution in [2.75, 3.05) is 18.0 Å². The Morgan fingerprint density at radius 2 is 1.83 bits per heavy atom. The number of para-hydroxylation sites is 1. The molecule has 0 amide bonds. The maximum absolute atomic E-state index is 6.22. The van der Waals surface area contributed by atoms with E-state index in [9.17, 15) is 0 Å². The van der Waals surface area contributed by atoms with Crippen LogP contribution >= 0.6 is 0 Å². The molecule has 18 heavy (non-hydrogen) atoms. The third-order valence-electron chi connectivity index (χ3n) is 4.89. The molecular formula is C16H26N2. The first-order chi connectivity index (χ1) is 8.57. The highest BCUT2D eigenvalue weighted by atomic mass is 15.2. The number of likely N-dealkylation sites (N-methyl/N-ethyl adjacent to an activating group) is 1. The Morgan fingerprint density at radius 1 is 1.17 bits per heavy atom. The fourth-order valence-corrected chi connectivity index (χ4v) is 3.72. The van der Waals surface area contributed by atoms with Crippen LogP contribution in [0, 0.1) is 5.41 Å². The van der Waals surface area contributed by atoms with Crippen molar-refractivity contribution in [3.05, 3.63) is 30.3 Å². The number of hydrogen-bond acceptors (Lipinski definition) is 2. The fourth-order valence-electron chi connectivity index (χ4n) is 3.72. The molecule has 2 rings (SSSR count). The third kappa shape index (κ3) is 1.93. The van der Waals surface area contributed by atoms with Crippen molar-refractivity contribution in [3.63, 3.8) is 0 Å². The molecule has 1 atom stereocenters. The first-order valence-electron chi connectivity index (χ1n) is 7.10. The summed E-state index contributed by atoms with van der Waals surface area (Å²) < 4.78 is 0. The van der Waals surface area contributed by atoms with Gasteiger partial charge in [-0.15, -0.1) is 0 Å². The highest BCUT2D eigenvalue weighted by Gasteiger charge is 2.51. The highest BCUT2D eigenvalue weighted by molar-refractivity contribution is 5.50. The van der Waals surface area contributed by atoms with E-state index in [0.717, 1.165) is 13.1 Å². The molecule has 2 nitrogen and oxygen atoms in total. The average Bonchev–Trinajstić information content (AvgIpc) is 2.68. The summed E-state index contributed by atoms with van der Waals surface area (Å²) >= 11 is 0. The Hall–Kier alpha value is -1.02. The number of nitrogens with two attached hydrogens (primary N) is 1. The maximum Gasteiger partial charge on any atom is 0.0574 e. The van der Waals surface area contributed by atoms with Gasteiger partial charge in [-0.2, -0.15) is 0 Å². The van der Waals surface area contributed by atoms with Crippen molar-refractivity contribution in [2.45, 2.75) is 45.6 Å². The molecule has 0 aliphatic heterocycles. The van der Waals surface area contributed by atoms with E-state index in [4.69, 9.17) is 5.73 Å². The van der Waals surface area contributed by atoms with E-state index in [1.165, 1.54) is 24.9 Å². The van der Waals surface area contributed by atoms with Gasteiger partial charge in [-0.25, -0.2) is 0 Å². The van der Waals surface area contributed by atoms with Gasteiger partial charge in [0.25, 0.3) is 0 Å². The summed E-state index contributed by atoms with van der Waals surface area (Å²) in [6.07, 6.45) is 3.76. The summed E-state index contributed by atoms with van der Waals surface area (Å²) in [4.78, 5) is 2.53. The summed E-state index contributed by atoms with van der Waals surface area (Å²) in [6, 6.07) is 10.7. The lowest BCUT2D eigenvalue weighted by Crippen LogP contribution is -2.60. The van der Waals surface area contributed by atoms with Crippen LogP contribution in [0.5, 0.6) is 0 Å². The second-order valence-electron chi connectivity index (χ2n) is 6.05. The summed E-state index contributed by atoms with van der Waals surface area (Å²) in [7, 11) is 0. The van der Waals surface area contributed by atoms with Gasteiger partial charge >= 0.3 is 0 Å². The highest BCUT2D eigenvalue weighted by Crippen LogP contribution is 2.50. The van der Waals surface area contributed by atoms with Gasteiger partial charge in [0.1, 0.15) is 0 Å². The molecule has 0 bridgehead atoms. The van der Waals surface area contributed by atoms with E-state index in [1.807, 2.05) is 0 Å². The molecule has 0 radical (unpaired) electrons. The number of nitrogens with zero attached hydrogens (tertiary/aromatic N) is 1. The monoisotopic (exact) mass is 246 g/mol. The van der Waals surface area contributed by atoms with E-state index in [0.29, 0.717) is 0 Å². The lowest BCUT2D eigenvalue weighted by atomic mass is 9.73. The Balaban J connectivity index is 2.42. The van der Waals surface area contributed by atoms with Crippen molar-refractivity contribution in [3.8, 4) is 0 Å². The van der Waals surface area contributed by atoms with Crippen LogP contribution in [0.25, 0.3) is 0 Å². The van der Waals surface area contributed by atoms with Crippen molar-refractivity contribution in [2.24, 2.45) is 11.1 Å². The predicted molar refractivity (Wildman–Crippen MR) is 78.9 cm³/mol. The molecule has 0 saturated heterocycles. The summed E-state index contributed by atoms with van der Waals surface area (Å²) in [5.74, 6) is 0. The van der Waals surface area contributed by atoms with Crippen molar-refractivity contribution < 1.29 is 0 Å². The Morgan fingerprint density at radius 3 is 2.28 bits per heavy atom. The molecular weight excluding hydrogens is 220 g/mol. The lowest BCUT2D eigenvalue weighted by molar-refractivity contribution is 0.201. The molecule has 0 aromatic heterocycles. The lowest BCUT2D eigenvalue weighted by Gasteiger charge is -2.50. The number of hydrogen-bond donors (Lipinski definition) is 1. The van der Waals surface area contributed by atoms with Crippen molar-refractivity contribution >= 4 is 5.69 Å². The zero-order valence-electron chi connectivity index (χ0n) is 11.9. The quantitative estimate of drug-likeness (QED) is 0.882. The second kappa shape index (κ2) is 4.93. The molecule has 2 heteroatoms. The number of anilines is 1. The Kier molecular flexibility index (Phi) is 3.67. The van der Waals surface area contributed by atoms with Crippen molar-refractivity contribution in [1.29, 1.82) is 0 Å². The van der Waals surface area contributed by atoms with Gasteiger partial charge in [0, 0.05) is 18.8 Å². The van der Waals surface area contributed by atoms with Crippen LogP contribution in [0.4, 0.5) is 5.69 Å². The van der Waals surface area contributed by atoms with Gasteiger partial charge in [-0.1, -0.05) is 38.5 Å². The van der Waals surface area contributed by atoms with Crippen LogP contribution in [0.15, 0.2) is 30.3 Å². The van der Waals surface area contributed by atoms with Crippen LogP contribution in [-0.4, -0.2) is 18.6 Å². The Bertz CT molecular complexity index is 385. The minimum absolute atomic E-state index is 0.114. The van der Waals surface area contributed by atoms with Gasteiger partial charge in [0.2, 0.25) is 0 Å². The predicted octanol–water partition coefficient (Wildman–Crippen LogP) is 3.42. The molecule has 2 N–H and O–H groups in total. The van der Waals surface area contributed by atoms with E-state index < -0.39 is 0 Å². The zero-order valence-corrected chi connectivity index (χ0v) is 11.9. The van der Waals surface area contributed by atoms with Gasteiger partial charge in [-0.05, 0) is 37.3 Å². The van der Waals surface area contributed by atoms with Crippen molar-refractivity contribution in [1.82, 2.24) is 0 Å². The van der Waals surface area contributed by atoms with E-state index in [-0.39, 0.29) is 11.0 Å². The minimum atomic E-state index is 0.114. The van der Waals surface area contributed by atoms with Gasteiger partial charge < -0.3 is 10.6 Å². The summed E-state index contributed by atoms with van der Waals surface area (Å²) in [5, 5.41) is 0. The molecule has 1 aliphatic rings. The van der Waals surface area contributed by atoms with Crippen LogP contribution in [0.3, 0.4) is 0 Å². The third-order valence-corrected chi connectivity index (χ3v) is 4.89. The largest absolute Gasteiger partial charge is 0.364 e. The van der Waals surface area contributed by atoms with E-state index in [2.05, 4.69) is 56.0 Å². The second-order valence-corrected chi connectivity index (χ2v) is 6.05. The summed E-state index contributed by atoms with van der Waals surface area (Å²) in [6.45, 7) is 8.74. The molecule has 100 valence electrons. The molecule has 1 aliphatic carbocycles. The van der Waals surface area contributed by atoms with Gasteiger partial charge in [0.15, 0.2) is 0 Å². The number of rotatable bonds is 4. The first-order valence-corrected chi connectivity index (χ1v) is 7.10. The number of benzene rings is 1. The molecule has 1 unspecified atom stereocenters. The van der Waals surface area contributed by atoms with Crippen LogP contribution < -0.4 is 10.6 Å². The molecule has 0 heterocycles. The molecule has 1 fully saturated rings. The molecule has 1 saturated carbocycles. The minimum Gasteiger partial charge on any atom is -0.364 e. The summed E-state index contributed by atoms with van der Waals surface area (Å²) in [5.41, 5.74) is 7.92. The SMILES string of the molecule is CCN(c1ccccc1)C1(CN)CCCC1(C)C. The van der Waals surface area contributed by atoms with E-state index in [1.54, 1.807) is 0 Å². The van der Waals surface area contributed by atoms with Gasteiger partial charge in [0.05, 0.1) is 5.54 Å². The normalized spacial score (nSPS) is 26.2. The first kappa shape index (κ1) is 13.4. The zero-order chi connectivity index (χ0) is 13.2. The van der Waals surface area contributed by atoms with Gasteiger partial charge in [-0.3, -0.25) is 0 Å². The van der Waals surface area contributed by atoms with E-state index >= 15 is 0 Å². The van der Waals surface area contributed by atoms with Crippen LogP contribution in [0.1, 0.15) is 40.0 Å². The molecule has 1 aromatic rings. The molecule has 0 spiro atoms. The topological polar surface area (TPSA) is 29.3 Å². The van der Waals surface area contributed by atoms with Crippen LogP contribution in [0.2, 0.25) is 0 Å². The Labute approximate surface area is 111 Å². The smallest absolute Gasteiger partial charge is 0.0574 e. The maximum atomic E-state index is 6.22. The fraction of sp³-hybridized carbons (Fsp3) is 0.625. The van der Waals surface area contributed by atoms with Crippen LogP contribution in [-0.2, 0) is 0 Å². The average molecular weight is 246 g/mol. The molecule has 1 aromatic carbocycles. The standard InChI is InChI=1S/C16H26N2/c1-4-18(14-9-6-5-7-10-14)16(13-17)12-8-11-15(16,2)3/h5-7,9-10H,4,8,11-13,17H2,1-3H3.